The molecule has 1 atom stereocenters. The van der Waals surface area contributed by atoms with Crippen LogP contribution in [0.3, 0.4) is 0 Å². The van der Waals surface area contributed by atoms with Crippen LogP contribution in [0.5, 0.6) is 0 Å². The Kier molecular flexibility index (Phi) is 5.24. The summed E-state index contributed by atoms with van der Waals surface area (Å²) in [4.78, 5) is 17.4. The number of hydrogen-bond acceptors (Lipinski definition) is 5. The third-order valence-corrected chi connectivity index (χ3v) is 4.54. The fourth-order valence-corrected chi connectivity index (χ4v) is 3.21. The smallest absolute Gasteiger partial charge is 0.322 e. The number of thiophene rings is 1. The number of aliphatic hydroxyl groups is 1. The molecule has 0 saturated carbocycles. The summed E-state index contributed by atoms with van der Waals surface area (Å²) < 4.78 is 0. The Labute approximate surface area is 135 Å². The van der Waals surface area contributed by atoms with E-state index in [9.17, 15) is 15.0 Å². The molecule has 1 aliphatic heterocycles. The minimum Gasteiger partial charge on any atom is -0.480 e. The van der Waals surface area contributed by atoms with Crippen molar-refractivity contribution in [2.24, 2.45) is 0 Å². The second-order valence-electron chi connectivity index (χ2n) is 6.14. The van der Waals surface area contributed by atoms with Gasteiger partial charge >= 0.3 is 5.97 Å². The molecule has 0 radical (unpaired) electrons. The molecule has 2 N–H and O–H groups in total. The third-order valence-electron chi connectivity index (χ3n) is 3.55. The Hall–Kier alpha value is -1.39. The zero-order valence-corrected chi connectivity index (χ0v) is 14.0. The van der Waals surface area contributed by atoms with Crippen molar-refractivity contribution in [1.29, 1.82) is 0 Å². The van der Waals surface area contributed by atoms with Gasteiger partial charge in [0.1, 0.15) is 11.6 Å². The lowest BCUT2D eigenvalue weighted by atomic mass is 10.1. The number of nitrogens with zero attached hydrogens (tertiary/aromatic N) is 2. The molecule has 5 nitrogen and oxygen atoms in total. The van der Waals surface area contributed by atoms with Gasteiger partial charge in [-0.3, -0.25) is 14.6 Å². The molecule has 0 aliphatic carbocycles. The topological polar surface area (TPSA) is 64.0 Å². The van der Waals surface area contributed by atoms with E-state index in [-0.39, 0.29) is 0 Å². The summed E-state index contributed by atoms with van der Waals surface area (Å²) in [6, 6.07) is 3.53. The average Bonchev–Trinajstić information content (AvgIpc) is 2.85. The zero-order chi connectivity index (χ0) is 16.3. The van der Waals surface area contributed by atoms with Crippen LogP contribution in [0.1, 0.15) is 23.6 Å². The zero-order valence-electron chi connectivity index (χ0n) is 13.2. The SMILES string of the molecule is CN1CCN(Cc2ccc(C#CC(C)(C)O)s2)CC1C(=O)O. The summed E-state index contributed by atoms with van der Waals surface area (Å²) in [7, 11) is 1.85. The highest BCUT2D eigenvalue weighted by Gasteiger charge is 2.29. The van der Waals surface area contributed by atoms with Crippen molar-refractivity contribution in [3.63, 3.8) is 0 Å². The van der Waals surface area contributed by atoms with Crippen molar-refractivity contribution in [1.82, 2.24) is 9.80 Å². The number of hydrogen-bond donors (Lipinski definition) is 2. The van der Waals surface area contributed by atoms with Crippen molar-refractivity contribution >= 4 is 17.3 Å². The van der Waals surface area contributed by atoms with Crippen molar-refractivity contribution in [3.05, 3.63) is 21.9 Å². The summed E-state index contributed by atoms with van der Waals surface area (Å²) in [5.41, 5.74) is -0.990. The Balaban J connectivity index is 1.98. The molecule has 2 rings (SSSR count). The standard InChI is InChI=1S/C16H22N2O3S/c1-16(2,21)7-6-12-4-5-13(22-12)10-18-9-8-17(3)14(11-18)15(19)20/h4-5,14,21H,8-11H2,1-3H3,(H,19,20). The maximum atomic E-state index is 11.2. The van der Waals surface area contributed by atoms with Gasteiger partial charge in [0.2, 0.25) is 0 Å². The number of carboxylic acid groups (broad SMARTS) is 1. The number of carbonyl (C=O) groups is 1. The molecule has 0 aromatic carbocycles. The van der Waals surface area contributed by atoms with Gasteiger partial charge in [-0.05, 0) is 33.0 Å². The van der Waals surface area contributed by atoms with E-state index in [0.29, 0.717) is 6.54 Å². The van der Waals surface area contributed by atoms with Crippen molar-refractivity contribution in [2.75, 3.05) is 26.7 Å². The fraction of sp³-hybridized carbons (Fsp3) is 0.562. The molecule has 1 fully saturated rings. The van der Waals surface area contributed by atoms with Crippen LogP contribution < -0.4 is 0 Å². The van der Waals surface area contributed by atoms with E-state index in [0.717, 1.165) is 29.4 Å². The van der Waals surface area contributed by atoms with Crippen molar-refractivity contribution in [2.45, 2.75) is 32.0 Å². The molecular formula is C16H22N2O3S. The molecule has 1 unspecified atom stereocenters. The number of piperazine rings is 1. The Morgan fingerprint density at radius 3 is 2.82 bits per heavy atom. The maximum absolute atomic E-state index is 11.2. The molecule has 0 spiro atoms. The number of aliphatic carboxylic acids is 1. The predicted molar refractivity (Wildman–Crippen MR) is 86.8 cm³/mol. The van der Waals surface area contributed by atoms with Crippen LogP contribution in [0.4, 0.5) is 0 Å². The largest absolute Gasteiger partial charge is 0.480 e. The molecule has 120 valence electrons. The van der Waals surface area contributed by atoms with Gasteiger partial charge < -0.3 is 10.2 Å². The maximum Gasteiger partial charge on any atom is 0.322 e. The molecule has 1 aromatic rings. The van der Waals surface area contributed by atoms with E-state index in [2.05, 4.69) is 16.7 Å². The predicted octanol–water partition coefficient (Wildman–Crippen LogP) is 1.07. The van der Waals surface area contributed by atoms with E-state index in [1.807, 2.05) is 24.1 Å². The summed E-state index contributed by atoms with van der Waals surface area (Å²) in [6.45, 7) is 6.22. The van der Waals surface area contributed by atoms with Gasteiger partial charge in [-0.1, -0.05) is 11.8 Å². The molecule has 1 aromatic heterocycles. The summed E-state index contributed by atoms with van der Waals surface area (Å²) in [5.74, 6) is 5.01. The Morgan fingerprint density at radius 2 is 2.18 bits per heavy atom. The first-order chi connectivity index (χ1) is 10.2. The molecule has 0 amide bonds. The molecule has 0 bridgehead atoms. The van der Waals surface area contributed by atoms with Gasteiger partial charge in [0.05, 0.1) is 4.88 Å². The molecule has 1 saturated heterocycles. The van der Waals surface area contributed by atoms with Crippen LogP contribution in [-0.2, 0) is 11.3 Å². The van der Waals surface area contributed by atoms with Gasteiger partial charge in [-0.2, -0.15) is 0 Å². The first-order valence-corrected chi connectivity index (χ1v) is 8.06. The van der Waals surface area contributed by atoms with E-state index >= 15 is 0 Å². The number of rotatable bonds is 3. The monoisotopic (exact) mass is 322 g/mol. The van der Waals surface area contributed by atoms with E-state index < -0.39 is 17.6 Å². The highest BCUT2D eigenvalue weighted by atomic mass is 32.1. The molecule has 1 aliphatic rings. The first-order valence-electron chi connectivity index (χ1n) is 7.24. The van der Waals surface area contributed by atoms with Crippen LogP contribution in [0.25, 0.3) is 0 Å². The van der Waals surface area contributed by atoms with Crippen LogP contribution in [0.15, 0.2) is 12.1 Å². The highest BCUT2D eigenvalue weighted by molar-refractivity contribution is 7.12. The normalized spacial score (nSPS) is 20.5. The Morgan fingerprint density at radius 1 is 1.45 bits per heavy atom. The summed E-state index contributed by atoms with van der Waals surface area (Å²) >= 11 is 1.59. The van der Waals surface area contributed by atoms with Crippen LogP contribution >= 0.6 is 11.3 Å². The van der Waals surface area contributed by atoms with Crippen molar-refractivity contribution in [3.8, 4) is 11.8 Å². The lowest BCUT2D eigenvalue weighted by molar-refractivity contribution is -0.145. The van der Waals surface area contributed by atoms with E-state index in [1.54, 1.807) is 25.2 Å². The number of carboxylic acids is 1. The van der Waals surface area contributed by atoms with Crippen molar-refractivity contribution < 1.29 is 15.0 Å². The second-order valence-corrected chi connectivity index (χ2v) is 7.31. The average molecular weight is 322 g/mol. The van der Waals surface area contributed by atoms with Gasteiger partial charge in [0, 0.05) is 31.1 Å². The molecule has 22 heavy (non-hydrogen) atoms. The molecule has 2 heterocycles. The second kappa shape index (κ2) is 6.80. The van der Waals surface area contributed by atoms with E-state index in [4.69, 9.17) is 0 Å². The minimum absolute atomic E-state index is 0.442. The van der Waals surface area contributed by atoms with Gasteiger partial charge in [-0.25, -0.2) is 0 Å². The fourth-order valence-electron chi connectivity index (χ4n) is 2.31. The molecular weight excluding hydrogens is 300 g/mol. The van der Waals surface area contributed by atoms with Gasteiger partial charge in [0.25, 0.3) is 0 Å². The lowest BCUT2D eigenvalue weighted by Crippen LogP contribution is -2.54. The first kappa shape index (κ1) is 17.0. The third kappa shape index (κ3) is 4.82. The minimum atomic E-state index is -0.990. The van der Waals surface area contributed by atoms with Gasteiger partial charge in [-0.15, -0.1) is 11.3 Å². The number of likely N-dealkylation sites (N-methyl/N-ethyl adjacent to an activating group) is 1. The quantitative estimate of drug-likeness (QED) is 0.815. The van der Waals surface area contributed by atoms with Crippen LogP contribution in [-0.4, -0.2) is 64.3 Å². The highest BCUT2D eigenvalue weighted by Crippen LogP contribution is 2.19. The molecule has 6 heteroatoms. The van der Waals surface area contributed by atoms with Crippen LogP contribution in [0, 0.1) is 11.8 Å². The lowest BCUT2D eigenvalue weighted by Gasteiger charge is -2.36. The van der Waals surface area contributed by atoms with Crippen LogP contribution in [0.2, 0.25) is 0 Å². The van der Waals surface area contributed by atoms with Gasteiger partial charge in [0.15, 0.2) is 0 Å². The summed E-state index contributed by atoms with van der Waals surface area (Å²) in [6.07, 6.45) is 0. The van der Waals surface area contributed by atoms with E-state index in [1.165, 1.54) is 0 Å². The summed E-state index contributed by atoms with van der Waals surface area (Å²) in [5, 5.41) is 18.9. The Bertz CT molecular complexity index is 595.